The number of pyridine rings is 2. The van der Waals surface area contributed by atoms with Crippen molar-refractivity contribution in [1.29, 1.82) is 5.26 Å². The molecule has 1 unspecified atom stereocenters. The number of carbonyl (C=O) groups excluding carboxylic acids is 1. The Labute approximate surface area is 190 Å². The van der Waals surface area contributed by atoms with Crippen molar-refractivity contribution in [2.24, 2.45) is 0 Å². The lowest BCUT2D eigenvalue weighted by Crippen LogP contribution is -2.48. The maximum absolute atomic E-state index is 15.8. The summed E-state index contributed by atoms with van der Waals surface area (Å²) >= 11 is 0. The van der Waals surface area contributed by atoms with E-state index in [0.29, 0.717) is 18.7 Å². The van der Waals surface area contributed by atoms with Gasteiger partial charge in [0.2, 0.25) is 5.67 Å². The molecule has 0 aliphatic carbocycles. The topological polar surface area (TPSA) is 118 Å². The molecule has 0 spiro atoms. The lowest BCUT2D eigenvalue weighted by molar-refractivity contribution is -0.0144. The molecule has 0 bridgehead atoms. The van der Waals surface area contributed by atoms with Gasteiger partial charge in [0.05, 0.1) is 6.54 Å². The van der Waals surface area contributed by atoms with Crippen LogP contribution in [0.15, 0.2) is 41.1 Å². The minimum absolute atomic E-state index is 0.0628. The fraction of sp³-hybridized carbons (Fsp3) is 0.391. The molecule has 0 aromatic carbocycles. The standard InChI is InChI=1S/C23H23FN6O3/c1-22(2,3)33-21(31)30-10-4-7-23(24,14-30)20-29-28-19(32-20)18-12-16(6-9-27-18)15-5-8-26-17(11-15)13-25/h5-6,8-9,11-12H,4,7,10,14H2,1-3H3. The first-order valence-electron chi connectivity index (χ1n) is 10.5. The molecule has 4 heterocycles. The first-order chi connectivity index (χ1) is 15.7. The third-order valence-corrected chi connectivity index (χ3v) is 5.09. The van der Waals surface area contributed by atoms with Crippen LogP contribution in [0.3, 0.4) is 0 Å². The van der Waals surface area contributed by atoms with Crippen LogP contribution >= 0.6 is 0 Å². The number of alkyl halides is 1. The Morgan fingerprint density at radius 3 is 2.67 bits per heavy atom. The molecule has 10 heteroatoms. The van der Waals surface area contributed by atoms with Gasteiger partial charge in [-0.2, -0.15) is 5.26 Å². The van der Waals surface area contributed by atoms with Crippen LogP contribution in [0.5, 0.6) is 0 Å². The average Bonchev–Trinajstić information content (AvgIpc) is 3.30. The van der Waals surface area contributed by atoms with Crippen molar-refractivity contribution >= 4 is 6.09 Å². The number of rotatable bonds is 3. The fourth-order valence-electron chi connectivity index (χ4n) is 3.57. The van der Waals surface area contributed by atoms with Crippen LogP contribution in [0, 0.1) is 11.3 Å². The molecule has 4 rings (SSSR count). The number of halogens is 1. The second-order valence-electron chi connectivity index (χ2n) is 8.85. The second kappa shape index (κ2) is 8.58. The Balaban J connectivity index is 1.56. The predicted octanol–water partition coefficient (Wildman–Crippen LogP) is 4.26. The van der Waals surface area contributed by atoms with Crippen molar-refractivity contribution in [3.8, 4) is 28.8 Å². The Kier molecular flexibility index (Phi) is 5.80. The van der Waals surface area contributed by atoms with Crippen LogP contribution in [0.1, 0.15) is 45.2 Å². The second-order valence-corrected chi connectivity index (χ2v) is 8.85. The van der Waals surface area contributed by atoms with Crippen molar-refractivity contribution in [3.05, 3.63) is 48.2 Å². The van der Waals surface area contributed by atoms with E-state index in [0.717, 1.165) is 11.1 Å². The monoisotopic (exact) mass is 450 g/mol. The number of hydrogen-bond donors (Lipinski definition) is 0. The molecule has 1 aliphatic heterocycles. The van der Waals surface area contributed by atoms with Crippen LogP contribution < -0.4 is 0 Å². The fourth-order valence-corrected chi connectivity index (χ4v) is 3.57. The zero-order valence-electron chi connectivity index (χ0n) is 18.6. The molecule has 0 saturated carbocycles. The van der Waals surface area contributed by atoms with Gasteiger partial charge >= 0.3 is 6.09 Å². The van der Waals surface area contributed by atoms with Gasteiger partial charge in [-0.05, 0) is 69.0 Å². The Morgan fingerprint density at radius 1 is 1.21 bits per heavy atom. The van der Waals surface area contributed by atoms with Crippen LogP contribution in [0.2, 0.25) is 0 Å². The van der Waals surface area contributed by atoms with Gasteiger partial charge in [-0.1, -0.05) is 0 Å². The van der Waals surface area contributed by atoms with E-state index in [2.05, 4.69) is 20.2 Å². The molecule has 170 valence electrons. The third-order valence-electron chi connectivity index (χ3n) is 5.09. The molecule has 1 amide bonds. The van der Waals surface area contributed by atoms with Crippen LogP contribution in [0.25, 0.3) is 22.7 Å². The highest BCUT2D eigenvalue weighted by Gasteiger charge is 2.44. The molecule has 1 atom stereocenters. The van der Waals surface area contributed by atoms with Crippen molar-refractivity contribution < 1.29 is 18.3 Å². The molecule has 0 N–H and O–H groups in total. The molecule has 1 fully saturated rings. The zero-order chi connectivity index (χ0) is 23.6. The summed E-state index contributed by atoms with van der Waals surface area (Å²) in [7, 11) is 0. The summed E-state index contributed by atoms with van der Waals surface area (Å²) in [5.74, 6) is -0.138. The summed E-state index contributed by atoms with van der Waals surface area (Å²) in [4.78, 5) is 22.0. The molecule has 9 nitrogen and oxygen atoms in total. The van der Waals surface area contributed by atoms with Crippen LogP contribution in [-0.2, 0) is 10.4 Å². The van der Waals surface area contributed by atoms with Gasteiger partial charge in [0, 0.05) is 18.9 Å². The van der Waals surface area contributed by atoms with Crippen molar-refractivity contribution in [2.75, 3.05) is 13.1 Å². The third kappa shape index (κ3) is 4.98. The van der Waals surface area contributed by atoms with Crippen molar-refractivity contribution in [3.63, 3.8) is 0 Å². The first-order valence-corrected chi connectivity index (χ1v) is 10.5. The summed E-state index contributed by atoms with van der Waals surface area (Å²) in [6.07, 6.45) is 3.12. The van der Waals surface area contributed by atoms with Gasteiger partial charge in [-0.15, -0.1) is 10.2 Å². The minimum atomic E-state index is -1.98. The van der Waals surface area contributed by atoms with E-state index in [-0.39, 0.29) is 30.4 Å². The molecular weight excluding hydrogens is 427 g/mol. The number of ether oxygens (including phenoxy) is 1. The number of amides is 1. The van der Waals surface area contributed by atoms with Crippen LogP contribution in [-0.4, -0.2) is 49.8 Å². The highest BCUT2D eigenvalue weighted by Crippen LogP contribution is 2.36. The number of nitriles is 1. The van der Waals surface area contributed by atoms with Crippen molar-refractivity contribution in [2.45, 2.75) is 44.9 Å². The largest absolute Gasteiger partial charge is 0.444 e. The molecule has 3 aromatic rings. The Bertz CT molecular complexity index is 1220. The average molecular weight is 450 g/mol. The van der Waals surface area contributed by atoms with E-state index in [1.165, 1.54) is 4.90 Å². The highest BCUT2D eigenvalue weighted by molar-refractivity contribution is 5.69. The molecular formula is C23H23FN6O3. The van der Waals surface area contributed by atoms with Gasteiger partial charge in [-0.3, -0.25) is 4.98 Å². The summed E-state index contributed by atoms with van der Waals surface area (Å²) in [6, 6.07) is 8.91. The predicted molar refractivity (Wildman–Crippen MR) is 115 cm³/mol. The number of likely N-dealkylation sites (tertiary alicyclic amines) is 1. The maximum atomic E-state index is 15.8. The van der Waals surface area contributed by atoms with Gasteiger partial charge < -0.3 is 14.1 Å². The molecule has 3 aromatic heterocycles. The van der Waals surface area contributed by atoms with E-state index in [1.54, 1.807) is 57.4 Å². The van der Waals surface area contributed by atoms with E-state index >= 15 is 4.39 Å². The number of piperidine rings is 1. The normalized spacial score (nSPS) is 18.6. The summed E-state index contributed by atoms with van der Waals surface area (Å²) in [5, 5.41) is 17.0. The maximum Gasteiger partial charge on any atom is 0.410 e. The SMILES string of the molecule is CC(C)(C)OC(=O)N1CCCC(F)(c2nnc(-c3cc(-c4ccnc(C#N)c4)ccn3)o2)C1. The number of aromatic nitrogens is 4. The van der Waals surface area contributed by atoms with E-state index in [4.69, 9.17) is 14.4 Å². The number of carbonyl (C=O) groups is 1. The highest BCUT2D eigenvalue weighted by atomic mass is 19.1. The summed E-state index contributed by atoms with van der Waals surface area (Å²) in [6.45, 7) is 5.44. The first kappa shape index (κ1) is 22.3. The summed E-state index contributed by atoms with van der Waals surface area (Å²) < 4.78 is 26.8. The number of nitrogens with zero attached hydrogens (tertiary/aromatic N) is 6. The smallest absolute Gasteiger partial charge is 0.410 e. The lowest BCUT2D eigenvalue weighted by atomic mass is 9.95. The van der Waals surface area contributed by atoms with Gasteiger partial charge in [0.15, 0.2) is 0 Å². The molecule has 1 saturated heterocycles. The van der Waals surface area contributed by atoms with Crippen molar-refractivity contribution in [1.82, 2.24) is 25.1 Å². The minimum Gasteiger partial charge on any atom is -0.444 e. The Morgan fingerprint density at radius 2 is 1.94 bits per heavy atom. The van der Waals surface area contributed by atoms with E-state index in [1.807, 2.05) is 6.07 Å². The molecule has 1 aliphatic rings. The zero-order valence-corrected chi connectivity index (χ0v) is 18.6. The van der Waals surface area contributed by atoms with Crippen LogP contribution in [0.4, 0.5) is 9.18 Å². The van der Waals surface area contributed by atoms with Gasteiger partial charge in [-0.25, -0.2) is 14.2 Å². The molecule has 0 radical (unpaired) electrons. The molecule has 33 heavy (non-hydrogen) atoms. The lowest BCUT2D eigenvalue weighted by Gasteiger charge is -2.36. The Hall–Kier alpha value is -3.87. The quantitative estimate of drug-likeness (QED) is 0.581. The van der Waals surface area contributed by atoms with Gasteiger partial charge in [0.1, 0.15) is 23.1 Å². The summed E-state index contributed by atoms with van der Waals surface area (Å²) in [5.41, 5.74) is -0.466. The number of hydrogen-bond acceptors (Lipinski definition) is 8. The van der Waals surface area contributed by atoms with E-state index < -0.39 is 17.4 Å². The van der Waals surface area contributed by atoms with E-state index in [9.17, 15) is 4.79 Å². The van der Waals surface area contributed by atoms with Gasteiger partial charge in [0.25, 0.3) is 11.8 Å².